The number of benzene rings is 2. The number of hydrogen-bond donors (Lipinski definition) is 3. The molecule has 0 spiro atoms. The molecule has 73 heavy (non-hydrogen) atoms. The van der Waals surface area contributed by atoms with Gasteiger partial charge >= 0.3 is 13.2 Å². The molecule has 0 fully saturated rings. The highest BCUT2D eigenvalue weighted by molar-refractivity contribution is 9.09. The summed E-state index contributed by atoms with van der Waals surface area (Å²) in [5.74, 6) is -2.37. The lowest BCUT2D eigenvalue weighted by atomic mass is 9.86. The predicted octanol–water partition coefficient (Wildman–Crippen LogP) is 9.54. The molecule has 4 aliphatic rings. The highest BCUT2D eigenvalue weighted by atomic mass is 79.9. The maximum atomic E-state index is 14.7. The Bertz CT molecular complexity index is 3200. The van der Waals surface area contributed by atoms with E-state index in [-0.39, 0.29) is 94.9 Å². The van der Waals surface area contributed by atoms with Crippen molar-refractivity contribution in [3.63, 3.8) is 0 Å². The molecule has 390 valence electrons. The maximum absolute atomic E-state index is 14.7. The van der Waals surface area contributed by atoms with Crippen molar-refractivity contribution in [2.45, 2.75) is 119 Å². The summed E-state index contributed by atoms with van der Waals surface area (Å²) >= 11 is 13.7. The fourth-order valence-electron chi connectivity index (χ4n) is 9.18. The quantitative estimate of drug-likeness (QED) is 0.0187. The van der Waals surface area contributed by atoms with Gasteiger partial charge in [0.2, 0.25) is 0 Å². The zero-order chi connectivity index (χ0) is 54.4. The molecule has 0 amide bonds. The first-order valence-corrected chi connectivity index (χ1v) is 31.4. The van der Waals surface area contributed by atoms with Crippen LogP contribution < -0.4 is 16.9 Å². The van der Waals surface area contributed by atoms with E-state index in [2.05, 4.69) is 52.6 Å². The third-order valence-corrected chi connectivity index (χ3v) is 15.8. The van der Waals surface area contributed by atoms with Crippen LogP contribution in [0.15, 0.2) is 55.8 Å². The zero-order valence-corrected chi connectivity index (χ0v) is 48.1. The molecule has 0 bridgehead atoms. The Kier molecular flexibility index (Phi) is 19.8. The molecule has 2 aromatic carbocycles. The third-order valence-electron chi connectivity index (χ3n) is 13.2. The smallest absolute Gasteiger partial charge is 0.355 e. The van der Waals surface area contributed by atoms with E-state index in [4.69, 9.17) is 21.5 Å². The number of nitrogens with two attached hydrogens (primary N) is 1. The van der Waals surface area contributed by atoms with Crippen molar-refractivity contribution in [3.05, 3.63) is 113 Å². The molecule has 0 aliphatic carbocycles. The summed E-state index contributed by atoms with van der Waals surface area (Å²) < 4.78 is 47.5. The summed E-state index contributed by atoms with van der Waals surface area (Å²) in [5.41, 5.74) is 7.00. The van der Waals surface area contributed by atoms with Crippen LogP contribution in [0.2, 0.25) is 0 Å². The number of rotatable bonds is 13. The number of ketones is 2. The second-order valence-electron chi connectivity index (χ2n) is 17.3. The van der Waals surface area contributed by atoms with E-state index < -0.39 is 30.1 Å². The van der Waals surface area contributed by atoms with Crippen molar-refractivity contribution < 1.29 is 47.6 Å². The third kappa shape index (κ3) is 11.8. The SMILES string of the molecule is CC[C@@]1(O)C(=O)OCc2c1cc1n(c2=O)CCC1=O.CC[C@@]1(O)C(=O)OCc2c1cc1n(c2=O)Cc2c-1nc1cc(F)c(SC)cc1c2CCCCBr.CSc1cc(C(=O)CCCCBr)c(N)cc1F.[3H][P+](P)=S. The van der Waals surface area contributed by atoms with Crippen molar-refractivity contribution in [2.75, 3.05) is 28.9 Å². The number of unbranched alkanes of at least 4 members (excludes halogenated alkanes) is 2. The molecule has 4 N–H and O–H groups in total. The van der Waals surface area contributed by atoms with Gasteiger partial charge in [0, 0.05) is 79.2 Å². The minimum atomic E-state index is -1.88. The van der Waals surface area contributed by atoms with Gasteiger partial charge in [-0.15, -0.1) is 23.5 Å². The molecule has 0 saturated heterocycles. The average molecular weight is 1230 g/mol. The molecule has 23 heteroatoms. The van der Waals surface area contributed by atoms with E-state index in [0.29, 0.717) is 57.3 Å². The summed E-state index contributed by atoms with van der Waals surface area (Å²) in [6.07, 6.45) is 8.97. The average Bonchev–Trinajstić information content (AvgIpc) is 3.94. The molecule has 0 saturated carbocycles. The van der Waals surface area contributed by atoms with Gasteiger partial charge in [-0.25, -0.2) is 23.4 Å². The van der Waals surface area contributed by atoms with Crippen molar-refractivity contribution in [2.24, 2.45) is 0 Å². The van der Waals surface area contributed by atoms with Crippen LogP contribution in [0.1, 0.15) is 119 Å². The number of cyclic esters (lactones) is 2. The van der Waals surface area contributed by atoms with Gasteiger partial charge in [0.15, 0.2) is 41.6 Å². The Morgan fingerprint density at radius 3 is 1.95 bits per heavy atom. The number of carbonyl (C=O) groups is 4. The van der Waals surface area contributed by atoms with Crippen molar-refractivity contribution in [1.29, 1.82) is 1.28 Å². The molecule has 7 heterocycles. The van der Waals surface area contributed by atoms with Crippen LogP contribution in [0.5, 0.6) is 0 Å². The number of anilines is 1. The Balaban J connectivity index is 0.000000189. The molecular formula is C50H55Br2F2N4O10P2S3+. The highest BCUT2D eigenvalue weighted by Gasteiger charge is 2.47. The number of carbonyl (C=O) groups excluding carboxylic acids is 4. The Morgan fingerprint density at radius 1 is 0.849 bits per heavy atom. The molecule has 5 aromatic rings. The minimum Gasteiger partial charge on any atom is -0.458 e. The number of aliphatic hydroxyl groups is 2. The van der Waals surface area contributed by atoms with E-state index in [9.17, 15) is 47.8 Å². The normalized spacial score (nSPS) is 18.2. The largest absolute Gasteiger partial charge is 0.458 e. The number of alkyl halides is 2. The van der Waals surface area contributed by atoms with Gasteiger partial charge in [0.25, 0.3) is 11.1 Å². The molecule has 9 rings (SSSR count). The number of aryl methyl sites for hydroxylation is 1. The van der Waals surface area contributed by atoms with Crippen LogP contribution in [0.25, 0.3) is 22.3 Å². The van der Waals surface area contributed by atoms with Crippen LogP contribution in [0.3, 0.4) is 0 Å². The van der Waals surface area contributed by atoms with Gasteiger partial charge in [-0.05, 0) is 93.4 Å². The number of nitrogens with zero attached hydrogens (tertiary/aromatic N) is 3. The highest BCUT2D eigenvalue weighted by Crippen LogP contribution is 2.42. The lowest BCUT2D eigenvalue weighted by molar-refractivity contribution is -0.172. The topological polar surface area (TPSA) is 210 Å². The molecule has 3 aromatic heterocycles. The van der Waals surface area contributed by atoms with E-state index in [1.165, 1.54) is 46.3 Å². The van der Waals surface area contributed by atoms with Crippen molar-refractivity contribution >= 4 is 123 Å². The number of halogens is 4. The maximum Gasteiger partial charge on any atom is 0.355 e. The lowest BCUT2D eigenvalue weighted by Gasteiger charge is -2.31. The predicted molar refractivity (Wildman–Crippen MR) is 297 cm³/mol. The van der Waals surface area contributed by atoms with Gasteiger partial charge < -0.3 is 34.6 Å². The van der Waals surface area contributed by atoms with E-state index in [1.54, 1.807) is 36.8 Å². The fraction of sp³-hybridized carbons (Fsp3) is 0.420. The first-order valence-electron chi connectivity index (χ1n) is 23.7. The van der Waals surface area contributed by atoms with E-state index in [1.807, 2.05) is 12.3 Å². The molecule has 14 nitrogen and oxygen atoms in total. The number of Topliss-reactive ketones (excluding diaryl/α,β-unsaturated/α-hetero) is 2. The van der Waals surface area contributed by atoms with Crippen LogP contribution in [-0.2, 0) is 74.8 Å². The Morgan fingerprint density at radius 2 is 1.38 bits per heavy atom. The number of hydrogen-bond acceptors (Lipinski definition) is 15. The van der Waals surface area contributed by atoms with Crippen molar-refractivity contribution in [3.8, 4) is 11.4 Å². The summed E-state index contributed by atoms with van der Waals surface area (Å²) in [6.45, 7) is 2.81. The molecule has 4 atom stereocenters. The standard InChI is InChI=1S/C25H24BrFN2O4S.C13H13NO5.C12H15BrFNOS.H2P2S/c1-3-25(32)17-9-20-22-15(11-29(20)23(30)16(17)12-33-24(25)31)13(6-4-5-7-26)14-8-21(34-2)18(27)10-19(14)28-22;1-2-13(18)8-5-9-10(15)3-4-14(9)11(16)7(8)6-19-12(13)17;1-17-12-6-8(10(15)7-9(12)14)11(16)4-2-3-5-13;1-2-3/h8-10,32H,3-7,11-12H2,1-2H3;5,18H,2-4,6H2,1H3;6-7H,2-5,15H2,1H3;1H2/p+1/t25-;13-;;/m00../s1/i/hT. The summed E-state index contributed by atoms with van der Waals surface area (Å²) in [4.78, 5) is 79.3. The summed E-state index contributed by atoms with van der Waals surface area (Å²) in [7, 11) is 2.20. The van der Waals surface area contributed by atoms with Crippen LogP contribution >= 0.6 is 71.3 Å². The Hall–Kier alpha value is -3.78. The second-order valence-corrected chi connectivity index (χ2v) is 23.3. The molecule has 0 radical (unpaired) electrons. The first-order chi connectivity index (χ1) is 35.1. The lowest BCUT2D eigenvalue weighted by Crippen LogP contribution is -2.44. The number of pyridine rings is 3. The zero-order valence-electron chi connectivity index (χ0n) is 41.4. The number of ether oxygens (including phenoxy) is 2. The monoisotopic (exact) mass is 1230 g/mol. The number of thioether (sulfide) groups is 2. The Labute approximate surface area is 455 Å². The van der Waals surface area contributed by atoms with Crippen LogP contribution in [0.4, 0.5) is 14.5 Å². The first kappa shape index (κ1) is 56.9. The summed E-state index contributed by atoms with van der Waals surface area (Å²) in [6, 6.07) is 9.24. The molecule has 2 unspecified atom stereocenters. The van der Waals surface area contributed by atoms with Gasteiger partial charge in [0.05, 0.1) is 49.2 Å². The fourth-order valence-corrected chi connectivity index (χ4v) is 10.9. The number of aromatic nitrogens is 3. The van der Waals surface area contributed by atoms with Crippen LogP contribution in [0, 0.1) is 11.6 Å². The van der Waals surface area contributed by atoms with Crippen LogP contribution in [-0.4, -0.2) is 72.3 Å². The number of nitrogen functional groups attached to an aromatic ring is 1. The van der Waals surface area contributed by atoms with Crippen molar-refractivity contribution in [1.82, 2.24) is 14.1 Å². The van der Waals surface area contributed by atoms with Gasteiger partial charge in [-0.3, -0.25) is 19.2 Å². The number of esters is 2. The molecule has 4 aliphatic heterocycles. The molecular weight excluding hydrogens is 1170 g/mol. The number of fused-ring (bicyclic) bond motifs is 7. The summed E-state index contributed by atoms with van der Waals surface area (Å²) in [5, 5.41) is 24.1. The van der Waals surface area contributed by atoms with Gasteiger partial charge in [-0.2, -0.15) is 0 Å². The minimum absolute atomic E-state index is 0.0150. The van der Waals surface area contributed by atoms with E-state index in [0.717, 1.165) is 59.3 Å². The second kappa shape index (κ2) is 25.4. The van der Waals surface area contributed by atoms with Gasteiger partial charge in [-0.1, -0.05) is 45.7 Å². The van der Waals surface area contributed by atoms with E-state index >= 15 is 0 Å². The van der Waals surface area contributed by atoms with Gasteiger partial charge in [0.1, 0.15) is 24.8 Å².